The van der Waals surface area contributed by atoms with E-state index in [0.29, 0.717) is 32.7 Å². The SMILES string of the molecule is CCC(O)CNS(=O)(=O)N1CCOCC1. The van der Waals surface area contributed by atoms with Crippen molar-refractivity contribution in [2.75, 3.05) is 32.8 Å². The minimum absolute atomic E-state index is 0.0657. The van der Waals surface area contributed by atoms with Gasteiger partial charge in [-0.1, -0.05) is 6.92 Å². The number of nitrogens with zero attached hydrogens (tertiary/aromatic N) is 1. The summed E-state index contributed by atoms with van der Waals surface area (Å²) in [4.78, 5) is 0. The van der Waals surface area contributed by atoms with Gasteiger partial charge >= 0.3 is 0 Å². The van der Waals surface area contributed by atoms with Gasteiger partial charge in [0.25, 0.3) is 10.2 Å². The summed E-state index contributed by atoms with van der Waals surface area (Å²) < 4.78 is 32.1. The lowest BCUT2D eigenvalue weighted by molar-refractivity contribution is 0.0721. The van der Waals surface area contributed by atoms with Crippen LogP contribution in [0.5, 0.6) is 0 Å². The number of hydrogen-bond donors (Lipinski definition) is 2. The van der Waals surface area contributed by atoms with Crippen LogP contribution in [0.4, 0.5) is 0 Å². The van der Waals surface area contributed by atoms with Crippen molar-refractivity contribution in [2.24, 2.45) is 0 Å². The average molecular weight is 238 g/mol. The van der Waals surface area contributed by atoms with E-state index in [9.17, 15) is 13.5 Å². The highest BCUT2D eigenvalue weighted by atomic mass is 32.2. The van der Waals surface area contributed by atoms with E-state index in [1.54, 1.807) is 6.92 Å². The molecule has 1 heterocycles. The molecule has 0 saturated carbocycles. The zero-order valence-corrected chi connectivity index (χ0v) is 9.66. The van der Waals surface area contributed by atoms with Crippen LogP contribution in [0.2, 0.25) is 0 Å². The first-order chi connectivity index (χ1) is 7.06. The van der Waals surface area contributed by atoms with E-state index in [4.69, 9.17) is 4.74 Å². The second-order valence-corrected chi connectivity index (χ2v) is 5.18. The average Bonchev–Trinajstić information content (AvgIpc) is 2.27. The quantitative estimate of drug-likeness (QED) is 0.639. The number of aliphatic hydroxyl groups excluding tert-OH is 1. The smallest absolute Gasteiger partial charge is 0.279 e. The molecular weight excluding hydrogens is 220 g/mol. The molecule has 1 rings (SSSR count). The summed E-state index contributed by atoms with van der Waals surface area (Å²) in [6.45, 7) is 3.47. The number of nitrogens with one attached hydrogen (secondary N) is 1. The Labute approximate surface area is 90.4 Å². The summed E-state index contributed by atoms with van der Waals surface area (Å²) >= 11 is 0. The van der Waals surface area contributed by atoms with Gasteiger partial charge in [-0.15, -0.1) is 0 Å². The van der Waals surface area contributed by atoms with Gasteiger partial charge < -0.3 is 9.84 Å². The minimum Gasteiger partial charge on any atom is -0.392 e. The lowest BCUT2D eigenvalue weighted by Crippen LogP contribution is -2.48. The third-order valence-electron chi connectivity index (χ3n) is 2.28. The first-order valence-electron chi connectivity index (χ1n) is 5.07. The van der Waals surface area contributed by atoms with Crippen molar-refractivity contribution in [1.29, 1.82) is 0 Å². The second-order valence-electron chi connectivity index (χ2n) is 3.43. The first kappa shape index (κ1) is 12.9. The van der Waals surface area contributed by atoms with Crippen molar-refractivity contribution < 1.29 is 18.3 Å². The summed E-state index contributed by atoms with van der Waals surface area (Å²) in [5.41, 5.74) is 0. The lowest BCUT2D eigenvalue weighted by Gasteiger charge is -2.26. The Balaban J connectivity index is 2.43. The van der Waals surface area contributed by atoms with Crippen LogP contribution in [0.1, 0.15) is 13.3 Å². The molecule has 1 atom stereocenters. The van der Waals surface area contributed by atoms with Crippen molar-refractivity contribution in [3.8, 4) is 0 Å². The van der Waals surface area contributed by atoms with E-state index in [-0.39, 0.29) is 6.54 Å². The molecular formula is C8H18N2O4S. The molecule has 0 spiro atoms. The Morgan fingerprint density at radius 1 is 1.47 bits per heavy atom. The number of hydrogen-bond acceptors (Lipinski definition) is 4. The topological polar surface area (TPSA) is 78.9 Å². The highest BCUT2D eigenvalue weighted by Gasteiger charge is 2.24. The Kier molecular flexibility index (Phi) is 4.94. The Bertz CT molecular complexity index is 274. The van der Waals surface area contributed by atoms with Gasteiger partial charge in [0.1, 0.15) is 0 Å². The molecule has 0 bridgehead atoms. The number of ether oxygens (including phenoxy) is 1. The van der Waals surface area contributed by atoms with E-state index in [0.717, 1.165) is 0 Å². The van der Waals surface area contributed by atoms with Gasteiger partial charge in [-0.05, 0) is 6.42 Å². The fraction of sp³-hybridized carbons (Fsp3) is 1.00. The summed E-state index contributed by atoms with van der Waals surface area (Å²) in [6, 6.07) is 0. The molecule has 0 amide bonds. The molecule has 1 aliphatic heterocycles. The van der Waals surface area contributed by atoms with E-state index in [1.807, 2.05) is 0 Å². The van der Waals surface area contributed by atoms with Crippen LogP contribution in [0.15, 0.2) is 0 Å². The molecule has 0 aromatic rings. The summed E-state index contributed by atoms with van der Waals surface area (Å²) in [7, 11) is -3.45. The molecule has 7 heteroatoms. The monoisotopic (exact) mass is 238 g/mol. The van der Waals surface area contributed by atoms with Gasteiger partial charge in [-0.25, -0.2) is 0 Å². The molecule has 15 heavy (non-hydrogen) atoms. The van der Waals surface area contributed by atoms with Crippen LogP contribution in [0.25, 0.3) is 0 Å². The maximum absolute atomic E-state index is 11.7. The van der Waals surface area contributed by atoms with E-state index >= 15 is 0 Å². The predicted molar refractivity (Wildman–Crippen MR) is 55.6 cm³/mol. The number of morpholine rings is 1. The zero-order chi connectivity index (χ0) is 11.3. The van der Waals surface area contributed by atoms with Crippen molar-refractivity contribution >= 4 is 10.2 Å². The van der Waals surface area contributed by atoms with Crippen LogP contribution < -0.4 is 4.72 Å². The fourth-order valence-corrected chi connectivity index (χ4v) is 2.44. The summed E-state index contributed by atoms with van der Waals surface area (Å²) in [5, 5.41) is 9.25. The Hall–Kier alpha value is -0.210. The molecule has 90 valence electrons. The molecule has 0 aromatic carbocycles. The fourth-order valence-electron chi connectivity index (χ4n) is 1.22. The van der Waals surface area contributed by atoms with E-state index in [1.165, 1.54) is 4.31 Å². The zero-order valence-electron chi connectivity index (χ0n) is 8.85. The molecule has 6 nitrogen and oxygen atoms in total. The summed E-state index contributed by atoms with van der Waals surface area (Å²) in [6.07, 6.45) is -0.0909. The largest absolute Gasteiger partial charge is 0.392 e. The molecule has 1 fully saturated rings. The van der Waals surface area contributed by atoms with Crippen molar-refractivity contribution in [1.82, 2.24) is 9.03 Å². The molecule has 1 aliphatic rings. The lowest BCUT2D eigenvalue weighted by atomic mass is 10.3. The first-order valence-corrected chi connectivity index (χ1v) is 6.51. The van der Waals surface area contributed by atoms with Crippen LogP contribution in [-0.4, -0.2) is 56.8 Å². The summed E-state index contributed by atoms with van der Waals surface area (Å²) in [5.74, 6) is 0. The van der Waals surface area contributed by atoms with Gasteiger partial charge in [0, 0.05) is 19.6 Å². The third kappa shape index (κ3) is 4.04. The highest BCUT2D eigenvalue weighted by molar-refractivity contribution is 7.87. The van der Waals surface area contributed by atoms with Gasteiger partial charge in [-0.2, -0.15) is 17.4 Å². The molecule has 2 N–H and O–H groups in total. The van der Waals surface area contributed by atoms with Crippen molar-refractivity contribution in [3.05, 3.63) is 0 Å². The molecule has 0 aliphatic carbocycles. The normalized spacial score (nSPS) is 21.5. The third-order valence-corrected chi connectivity index (χ3v) is 3.86. The maximum Gasteiger partial charge on any atom is 0.279 e. The van der Waals surface area contributed by atoms with Gasteiger partial charge in [0.05, 0.1) is 19.3 Å². The molecule has 0 radical (unpaired) electrons. The Morgan fingerprint density at radius 2 is 2.07 bits per heavy atom. The van der Waals surface area contributed by atoms with Gasteiger partial charge in [-0.3, -0.25) is 0 Å². The molecule has 1 saturated heterocycles. The Morgan fingerprint density at radius 3 is 2.60 bits per heavy atom. The van der Waals surface area contributed by atoms with E-state index in [2.05, 4.69) is 4.72 Å². The van der Waals surface area contributed by atoms with E-state index < -0.39 is 16.3 Å². The second kappa shape index (κ2) is 5.76. The van der Waals surface area contributed by atoms with Crippen LogP contribution in [0, 0.1) is 0 Å². The van der Waals surface area contributed by atoms with Crippen molar-refractivity contribution in [3.63, 3.8) is 0 Å². The minimum atomic E-state index is -3.45. The van der Waals surface area contributed by atoms with Gasteiger partial charge in [0.15, 0.2) is 0 Å². The highest BCUT2D eigenvalue weighted by Crippen LogP contribution is 2.02. The van der Waals surface area contributed by atoms with Crippen LogP contribution in [0.3, 0.4) is 0 Å². The standard InChI is InChI=1S/C8H18N2O4S/c1-2-8(11)7-9-15(12,13)10-3-5-14-6-4-10/h8-9,11H,2-7H2,1H3. The molecule has 1 unspecified atom stereocenters. The van der Waals surface area contributed by atoms with Crippen LogP contribution >= 0.6 is 0 Å². The van der Waals surface area contributed by atoms with Crippen LogP contribution in [-0.2, 0) is 14.9 Å². The number of aliphatic hydroxyl groups is 1. The molecule has 0 aromatic heterocycles. The predicted octanol–water partition coefficient (Wildman–Crippen LogP) is -1.08. The number of rotatable bonds is 5. The van der Waals surface area contributed by atoms with Crippen molar-refractivity contribution in [2.45, 2.75) is 19.4 Å². The maximum atomic E-state index is 11.7. The van der Waals surface area contributed by atoms with Gasteiger partial charge in [0.2, 0.25) is 0 Å².